The van der Waals surface area contributed by atoms with Gasteiger partial charge in [0.05, 0.1) is 12.8 Å². The van der Waals surface area contributed by atoms with Crippen molar-refractivity contribution in [2.24, 2.45) is 4.99 Å². The summed E-state index contributed by atoms with van der Waals surface area (Å²) in [4.78, 5) is 13.8. The Balaban J connectivity index is 3.34. The first-order valence-corrected chi connectivity index (χ1v) is 2.38. The number of hydrogen-bond donors (Lipinski definition) is 0. The summed E-state index contributed by atoms with van der Waals surface area (Å²) < 4.78 is 0. The summed E-state index contributed by atoms with van der Waals surface area (Å²) in [5, 5.41) is 0. The Morgan fingerprint density at radius 2 is 2.50 bits per heavy atom. The lowest BCUT2D eigenvalue weighted by Gasteiger charge is -1.77. The van der Waals surface area contributed by atoms with Gasteiger partial charge in [0.1, 0.15) is 0 Å². The van der Waals surface area contributed by atoms with Gasteiger partial charge in [-0.05, 0) is 0 Å². The van der Waals surface area contributed by atoms with Gasteiger partial charge in [0.2, 0.25) is 0 Å². The lowest BCUT2D eigenvalue weighted by atomic mass is 10.5. The van der Waals surface area contributed by atoms with Crippen molar-refractivity contribution < 1.29 is 4.79 Å². The second-order valence-corrected chi connectivity index (χ2v) is 1.39. The Labute approximate surface area is 48.9 Å². The lowest BCUT2D eigenvalue weighted by molar-refractivity contribution is -0.110. The molecule has 0 N–H and O–H groups in total. The van der Waals surface area contributed by atoms with Gasteiger partial charge in [0.25, 0.3) is 0 Å². The SMILES string of the molecule is C=CCN=CC(C)=O. The topological polar surface area (TPSA) is 29.4 Å². The average molecular weight is 111 g/mol. The smallest absolute Gasteiger partial charge is 0.170 e. The van der Waals surface area contributed by atoms with Gasteiger partial charge in [0, 0.05) is 6.92 Å². The maximum atomic E-state index is 10.1. The van der Waals surface area contributed by atoms with Crippen LogP contribution in [0.2, 0.25) is 0 Å². The number of rotatable bonds is 3. The van der Waals surface area contributed by atoms with E-state index in [2.05, 4.69) is 11.6 Å². The van der Waals surface area contributed by atoms with Gasteiger partial charge in [-0.1, -0.05) is 6.08 Å². The minimum Gasteiger partial charge on any atom is -0.293 e. The van der Waals surface area contributed by atoms with E-state index in [0.717, 1.165) is 0 Å². The maximum Gasteiger partial charge on any atom is 0.170 e. The van der Waals surface area contributed by atoms with Crippen LogP contribution >= 0.6 is 0 Å². The molecule has 0 aromatic carbocycles. The van der Waals surface area contributed by atoms with Crippen molar-refractivity contribution in [2.45, 2.75) is 6.92 Å². The number of aliphatic imine (C=N–C) groups is 1. The van der Waals surface area contributed by atoms with Crippen molar-refractivity contribution in [3.63, 3.8) is 0 Å². The highest BCUT2D eigenvalue weighted by Gasteiger charge is 1.77. The molecule has 0 saturated heterocycles. The second kappa shape index (κ2) is 4.24. The number of carbonyl (C=O) groups excluding carboxylic acids is 1. The Hall–Kier alpha value is -0.920. The molecule has 0 radical (unpaired) electrons. The molecule has 0 fully saturated rings. The fourth-order valence-electron chi connectivity index (χ4n) is 0.256. The van der Waals surface area contributed by atoms with Crippen LogP contribution in [-0.2, 0) is 4.79 Å². The van der Waals surface area contributed by atoms with Crippen LogP contribution < -0.4 is 0 Å². The van der Waals surface area contributed by atoms with Crippen LogP contribution in [0, 0.1) is 0 Å². The summed E-state index contributed by atoms with van der Waals surface area (Å²) >= 11 is 0. The molecule has 0 spiro atoms. The molecule has 0 aromatic rings. The van der Waals surface area contributed by atoms with Crippen LogP contribution in [0.3, 0.4) is 0 Å². The summed E-state index contributed by atoms with van der Waals surface area (Å²) in [6.45, 7) is 5.42. The first-order chi connectivity index (χ1) is 3.77. The molecule has 0 aliphatic carbocycles. The van der Waals surface area contributed by atoms with E-state index in [0.29, 0.717) is 6.54 Å². The molecule has 44 valence electrons. The highest BCUT2D eigenvalue weighted by molar-refractivity contribution is 6.26. The predicted octanol–water partition coefficient (Wildman–Crippen LogP) is 0.832. The van der Waals surface area contributed by atoms with Crippen LogP contribution in [0.4, 0.5) is 0 Å². The molecule has 0 amide bonds. The van der Waals surface area contributed by atoms with E-state index in [9.17, 15) is 4.79 Å². The zero-order valence-electron chi connectivity index (χ0n) is 4.92. The van der Waals surface area contributed by atoms with Crippen LogP contribution in [0.5, 0.6) is 0 Å². The molecule has 8 heavy (non-hydrogen) atoms. The average Bonchev–Trinajstić information content (AvgIpc) is 1.66. The van der Waals surface area contributed by atoms with E-state index in [1.807, 2.05) is 0 Å². The quantitative estimate of drug-likeness (QED) is 0.392. The summed E-state index contributed by atoms with van der Waals surface area (Å²) in [6, 6.07) is 0. The van der Waals surface area contributed by atoms with E-state index in [4.69, 9.17) is 0 Å². The Bertz CT molecular complexity index is 116. The molecule has 0 aliphatic rings. The number of nitrogens with zero attached hydrogens (tertiary/aromatic N) is 1. The molecule has 2 heteroatoms. The van der Waals surface area contributed by atoms with Crippen LogP contribution in [0.15, 0.2) is 17.6 Å². The molecule has 0 heterocycles. The van der Waals surface area contributed by atoms with E-state index in [1.54, 1.807) is 6.08 Å². The van der Waals surface area contributed by atoms with Crippen LogP contribution in [-0.4, -0.2) is 18.5 Å². The van der Waals surface area contributed by atoms with Crippen molar-refractivity contribution >= 4 is 12.0 Å². The van der Waals surface area contributed by atoms with E-state index in [1.165, 1.54) is 13.1 Å². The van der Waals surface area contributed by atoms with Gasteiger partial charge in [-0.3, -0.25) is 9.79 Å². The van der Waals surface area contributed by atoms with Gasteiger partial charge < -0.3 is 0 Å². The van der Waals surface area contributed by atoms with Crippen molar-refractivity contribution in [1.29, 1.82) is 0 Å². The molecular weight excluding hydrogens is 102 g/mol. The number of hydrogen-bond acceptors (Lipinski definition) is 2. The predicted molar refractivity (Wildman–Crippen MR) is 34.2 cm³/mol. The van der Waals surface area contributed by atoms with Gasteiger partial charge in [-0.2, -0.15) is 0 Å². The first-order valence-electron chi connectivity index (χ1n) is 2.38. The van der Waals surface area contributed by atoms with E-state index in [-0.39, 0.29) is 5.78 Å². The normalized spacial score (nSPS) is 9.62. The molecule has 0 unspecified atom stereocenters. The highest BCUT2D eigenvalue weighted by Crippen LogP contribution is 1.67. The monoisotopic (exact) mass is 111 g/mol. The second-order valence-electron chi connectivity index (χ2n) is 1.39. The van der Waals surface area contributed by atoms with E-state index < -0.39 is 0 Å². The van der Waals surface area contributed by atoms with Gasteiger partial charge in [-0.15, -0.1) is 6.58 Å². The van der Waals surface area contributed by atoms with Crippen molar-refractivity contribution in [1.82, 2.24) is 0 Å². The maximum absolute atomic E-state index is 10.1. The Morgan fingerprint density at radius 3 is 2.88 bits per heavy atom. The minimum atomic E-state index is -0.0214. The van der Waals surface area contributed by atoms with Gasteiger partial charge in [0.15, 0.2) is 5.78 Å². The molecular formula is C6H9NO. The summed E-state index contributed by atoms with van der Waals surface area (Å²) in [5.41, 5.74) is 0. The summed E-state index contributed by atoms with van der Waals surface area (Å²) in [6.07, 6.45) is 2.93. The van der Waals surface area contributed by atoms with Crippen molar-refractivity contribution in [2.75, 3.05) is 6.54 Å². The molecule has 0 aliphatic heterocycles. The van der Waals surface area contributed by atoms with Gasteiger partial charge >= 0.3 is 0 Å². The molecule has 0 atom stereocenters. The summed E-state index contributed by atoms with van der Waals surface area (Å²) in [5.74, 6) is -0.0214. The molecule has 2 nitrogen and oxygen atoms in total. The zero-order chi connectivity index (χ0) is 6.41. The lowest BCUT2D eigenvalue weighted by Crippen LogP contribution is -1.89. The standard InChI is InChI=1S/C6H9NO/c1-3-4-7-5-6(2)8/h3,5H,1,4H2,2H3. The minimum absolute atomic E-state index is 0.0214. The third kappa shape index (κ3) is 5.08. The zero-order valence-corrected chi connectivity index (χ0v) is 4.92. The fraction of sp³-hybridized carbons (Fsp3) is 0.333. The van der Waals surface area contributed by atoms with Crippen LogP contribution in [0.1, 0.15) is 6.92 Å². The Kier molecular flexibility index (Phi) is 3.76. The van der Waals surface area contributed by atoms with Gasteiger partial charge in [-0.25, -0.2) is 0 Å². The van der Waals surface area contributed by atoms with Crippen LogP contribution in [0.25, 0.3) is 0 Å². The Morgan fingerprint density at radius 1 is 1.88 bits per heavy atom. The van der Waals surface area contributed by atoms with E-state index >= 15 is 0 Å². The fourth-order valence-corrected chi connectivity index (χ4v) is 0.256. The third-order valence-electron chi connectivity index (χ3n) is 0.508. The number of ketones is 1. The van der Waals surface area contributed by atoms with Crippen molar-refractivity contribution in [3.8, 4) is 0 Å². The summed E-state index contributed by atoms with van der Waals surface area (Å²) in [7, 11) is 0. The molecule has 0 aromatic heterocycles. The first kappa shape index (κ1) is 7.08. The third-order valence-corrected chi connectivity index (χ3v) is 0.508. The number of carbonyl (C=O) groups is 1. The number of Topliss-reactive ketones (excluding diaryl/α,β-unsaturated/α-hetero) is 1. The van der Waals surface area contributed by atoms with Crippen molar-refractivity contribution in [3.05, 3.63) is 12.7 Å². The molecule has 0 saturated carbocycles. The largest absolute Gasteiger partial charge is 0.293 e. The highest BCUT2D eigenvalue weighted by atomic mass is 16.1. The molecule has 0 rings (SSSR count). The molecule has 0 bridgehead atoms.